The molecule has 53 valence electrons. The average molecular weight is 135 g/mol. The number of allylic oxidation sites excluding steroid dienone is 1. The van der Waals surface area contributed by atoms with Crippen molar-refractivity contribution in [1.29, 1.82) is 0 Å². The van der Waals surface area contributed by atoms with Crippen LogP contribution in [0.4, 0.5) is 0 Å². The first-order valence-corrected chi connectivity index (χ1v) is 3.73. The van der Waals surface area contributed by atoms with Crippen LogP contribution in [0.5, 0.6) is 0 Å². The Hall–Kier alpha value is -0.920. The molecule has 0 aromatic heterocycles. The molecule has 2 nitrogen and oxygen atoms in total. The lowest BCUT2D eigenvalue weighted by molar-refractivity contribution is 0.536. The summed E-state index contributed by atoms with van der Waals surface area (Å²) in [6.45, 7) is 0.981. The van der Waals surface area contributed by atoms with E-state index in [0.717, 1.165) is 19.4 Å². The van der Waals surface area contributed by atoms with Gasteiger partial charge in [0.15, 0.2) is 0 Å². The molecule has 2 aliphatic rings. The number of hydrogen-bond donors (Lipinski definition) is 1. The lowest BCUT2D eigenvalue weighted by Crippen LogP contribution is -2.34. The fraction of sp³-hybridized carbons (Fsp3) is 0.500. The fourth-order valence-corrected chi connectivity index (χ4v) is 1.43. The highest BCUT2D eigenvalue weighted by molar-refractivity contribution is 5.20. The standard InChI is InChI=1S/C8H11N2/c1-2-7-6-9-5-3-8(7)10-4-1/h1,4,6,8,10H,2-3,5H2. The van der Waals surface area contributed by atoms with Crippen molar-refractivity contribution in [1.82, 2.24) is 10.6 Å². The van der Waals surface area contributed by atoms with Crippen molar-refractivity contribution in [2.24, 2.45) is 0 Å². The average Bonchev–Trinajstić information content (AvgIpc) is 2.05. The minimum Gasteiger partial charge on any atom is -0.385 e. The molecule has 10 heavy (non-hydrogen) atoms. The first-order valence-electron chi connectivity index (χ1n) is 3.73. The fourth-order valence-electron chi connectivity index (χ4n) is 1.43. The molecule has 0 saturated carbocycles. The van der Waals surface area contributed by atoms with Gasteiger partial charge < -0.3 is 5.32 Å². The van der Waals surface area contributed by atoms with E-state index in [1.165, 1.54) is 5.57 Å². The highest BCUT2D eigenvalue weighted by atomic mass is 14.9. The molecule has 2 rings (SSSR count). The summed E-state index contributed by atoms with van der Waals surface area (Å²) in [6.07, 6.45) is 8.46. The van der Waals surface area contributed by atoms with E-state index in [-0.39, 0.29) is 0 Å². The first kappa shape index (κ1) is 5.83. The summed E-state index contributed by atoms with van der Waals surface area (Å²) in [6, 6.07) is 0.586. The van der Waals surface area contributed by atoms with Gasteiger partial charge in [-0.05, 0) is 24.6 Å². The Morgan fingerprint density at radius 1 is 1.60 bits per heavy atom. The molecule has 0 aromatic rings. The second-order valence-corrected chi connectivity index (χ2v) is 2.72. The molecule has 1 radical (unpaired) electrons. The third-order valence-corrected chi connectivity index (χ3v) is 2.02. The smallest absolute Gasteiger partial charge is 0.0506 e. The Balaban J connectivity index is 2.17. The lowest BCUT2D eigenvalue weighted by Gasteiger charge is -2.26. The lowest BCUT2D eigenvalue weighted by atomic mass is 9.97. The second kappa shape index (κ2) is 2.37. The van der Waals surface area contributed by atoms with Crippen LogP contribution in [-0.2, 0) is 0 Å². The van der Waals surface area contributed by atoms with Gasteiger partial charge in [-0.1, -0.05) is 6.08 Å². The van der Waals surface area contributed by atoms with Crippen LogP contribution >= 0.6 is 0 Å². The number of rotatable bonds is 0. The third-order valence-electron chi connectivity index (χ3n) is 2.02. The summed E-state index contributed by atoms with van der Waals surface area (Å²) >= 11 is 0. The van der Waals surface area contributed by atoms with Crippen molar-refractivity contribution in [3.05, 3.63) is 24.0 Å². The van der Waals surface area contributed by atoms with Crippen LogP contribution in [-0.4, -0.2) is 12.6 Å². The number of nitrogens with one attached hydrogen (secondary N) is 1. The van der Waals surface area contributed by atoms with Gasteiger partial charge >= 0.3 is 0 Å². The van der Waals surface area contributed by atoms with E-state index in [0.29, 0.717) is 6.04 Å². The summed E-state index contributed by atoms with van der Waals surface area (Å²) in [5, 5.41) is 7.54. The van der Waals surface area contributed by atoms with E-state index in [1.54, 1.807) is 0 Å². The van der Waals surface area contributed by atoms with E-state index < -0.39 is 0 Å². The number of fused-ring (bicyclic) bond motifs is 1. The van der Waals surface area contributed by atoms with Crippen LogP contribution in [0.2, 0.25) is 0 Å². The molecule has 0 aromatic carbocycles. The van der Waals surface area contributed by atoms with Crippen LogP contribution in [0.25, 0.3) is 0 Å². The van der Waals surface area contributed by atoms with E-state index in [1.807, 2.05) is 12.4 Å². The van der Waals surface area contributed by atoms with Crippen LogP contribution in [0.15, 0.2) is 24.0 Å². The van der Waals surface area contributed by atoms with Gasteiger partial charge in [-0.15, -0.1) is 0 Å². The van der Waals surface area contributed by atoms with Crippen LogP contribution in [0.3, 0.4) is 0 Å². The van der Waals surface area contributed by atoms with Crippen molar-refractivity contribution in [2.75, 3.05) is 6.54 Å². The van der Waals surface area contributed by atoms with Gasteiger partial charge in [-0.25, -0.2) is 0 Å². The first-order chi connectivity index (χ1) is 4.97. The molecule has 0 bridgehead atoms. The monoisotopic (exact) mass is 135 g/mol. The van der Waals surface area contributed by atoms with Gasteiger partial charge in [0.2, 0.25) is 0 Å². The number of hydrogen-bond acceptors (Lipinski definition) is 1. The summed E-state index contributed by atoms with van der Waals surface area (Å²) in [7, 11) is 0. The molecule has 2 heteroatoms. The summed E-state index contributed by atoms with van der Waals surface area (Å²) in [4.78, 5) is 0. The predicted molar refractivity (Wildman–Crippen MR) is 40.4 cm³/mol. The van der Waals surface area contributed by atoms with Gasteiger partial charge in [-0.3, -0.25) is 5.32 Å². The molecule has 2 heterocycles. The summed E-state index contributed by atoms with van der Waals surface area (Å²) in [5.41, 5.74) is 1.44. The number of nitrogens with zero attached hydrogens (tertiary/aromatic N) is 1. The van der Waals surface area contributed by atoms with Crippen LogP contribution < -0.4 is 10.6 Å². The van der Waals surface area contributed by atoms with E-state index in [4.69, 9.17) is 0 Å². The Bertz CT molecular complexity index is 182. The zero-order chi connectivity index (χ0) is 6.81. The molecule has 1 atom stereocenters. The van der Waals surface area contributed by atoms with Crippen LogP contribution in [0.1, 0.15) is 12.8 Å². The summed E-state index contributed by atoms with van der Waals surface area (Å²) in [5.74, 6) is 0. The Morgan fingerprint density at radius 3 is 3.50 bits per heavy atom. The minimum absolute atomic E-state index is 0.586. The molecule has 2 aliphatic heterocycles. The molecule has 0 aliphatic carbocycles. The van der Waals surface area contributed by atoms with Crippen molar-refractivity contribution >= 4 is 0 Å². The molecule has 0 spiro atoms. The molecule has 0 amide bonds. The molecule has 0 fully saturated rings. The zero-order valence-electron chi connectivity index (χ0n) is 5.88. The van der Waals surface area contributed by atoms with Gasteiger partial charge in [0.1, 0.15) is 0 Å². The maximum atomic E-state index is 4.23. The minimum atomic E-state index is 0.586. The molecule has 1 unspecified atom stereocenters. The van der Waals surface area contributed by atoms with Gasteiger partial charge in [0.25, 0.3) is 0 Å². The molecule has 0 saturated heterocycles. The molecular weight excluding hydrogens is 124 g/mol. The second-order valence-electron chi connectivity index (χ2n) is 2.72. The normalized spacial score (nSPS) is 29.6. The Labute approximate surface area is 61.0 Å². The Kier molecular flexibility index (Phi) is 1.38. The van der Waals surface area contributed by atoms with Gasteiger partial charge in [-0.2, -0.15) is 0 Å². The largest absolute Gasteiger partial charge is 0.385 e. The topological polar surface area (TPSA) is 26.1 Å². The third kappa shape index (κ3) is 0.897. The maximum Gasteiger partial charge on any atom is 0.0506 e. The predicted octanol–water partition coefficient (Wildman–Crippen LogP) is 0.754. The molecule has 1 N–H and O–H groups in total. The van der Waals surface area contributed by atoms with Crippen molar-refractivity contribution in [2.45, 2.75) is 18.9 Å². The highest BCUT2D eigenvalue weighted by Crippen LogP contribution is 2.17. The van der Waals surface area contributed by atoms with Crippen LogP contribution in [0, 0.1) is 0 Å². The summed E-state index contributed by atoms with van der Waals surface area (Å²) < 4.78 is 0. The van der Waals surface area contributed by atoms with E-state index in [9.17, 15) is 0 Å². The zero-order valence-corrected chi connectivity index (χ0v) is 5.88. The van der Waals surface area contributed by atoms with Gasteiger partial charge in [0, 0.05) is 12.7 Å². The SMILES string of the molecule is C1=CNC2CC[N]C=C2C1. The Morgan fingerprint density at radius 2 is 2.60 bits per heavy atom. The quantitative estimate of drug-likeness (QED) is 0.521. The van der Waals surface area contributed by atoms with Gasteiger partial charge in [0.05, 0.1) is 6.04 Å². The van der Waals surface area contributed by atoms with Crippen molar-refractivity contribution in [3.63, 3.8) is 0 Å². The maximum absolute atomic E-state index is 4.23. The van der Waals surface area contributed by atoms with Crippen molar-refractivity contribution < 1.29 is 0 Å². The van der Waals surface area contributed by atoms with Crippen molar-refractivity contribution in [3.8, 4) is 0 Å². The van der Waals surface area contributed by atoms with E-state index >= 15 is 0 Å². The highest BCUT2D eigenvalue weighted by Gasteiger charge is 2.17. The van der Waals surface area contributed by atoms with E-state index in [2.05, 4.69) is 16.7 Å². The molecular formula is C8H11N2.